The molecule has 1 aromatic rings. The lowest BCUT2D eigenvalue weighted by molar-refractivity contribution is -0.125. The van der Waals surface area contributed by atoms with E-state index in [-0.39, 0.29) is 28.6 Å². The van der Waals surface area contributed by atoms with Gasteiger partial charge in [0.1, 0.15) is 5.82 Å². The molecule has 0 aliphatic carbocycles. The fraction of sp³-hybridized carbons (Fsp3) is 0.273. The monoisotopic (exact) mass is 239 g/mol. The maximum Gasteiger partial charge on any atom is 0.246 e. The number of halogens is 1. The minimum absolute atomic E-state index is 0.234. The zero-order chi connectivity index (χ0) is 11.7. The second-order valence-electron chi connectivity index (χ2n) is 3.50. The Kier molecular flexibility index (Phi) is 2.96. The fourth-order valence-corrected chi connectivity index (χ4v) is 2.27. The zero-order valence-electron chi connectivity index (χ0n) is 8.64. The van der Waals surface area contributed by atoms with E-state index in [9.17, 15) is 14.0 Å². The molecule has 0 aromatic heterocycles. The van der Waals surface area contributed by atoms with Crippen LogP contribution in [0, 0.1) is 5.82 Å². The molecule has 2 rings (SSSR count). The van der Waals surface area contributed by atoms with Crippen molar-refractivity contribution in [3.8, 4) is 0 Å². The first-order chi connectivity index (χ1) is 7.59. The van der Waals surface area contributed by atoms with Crippen LogP contribution in [0.25, 0.3) is 0 Å². The van der Waals surface area contributed by atoms with Crippen LogP contribution in [0.2, 0.25) is 0 Å². The number of anilines is 1. The van der Waals surface area contributed by atoms with Crippen LogP contribution in [-0.2, 0) is 9.59 Å². The van der Waals surface area contributed by atoms with Gasteiger partial charge in [-0.15, -0.1) is 11.8 Å². The van der Waals surface area contributed by atoms with Gasteiger partial charge in [-0.3, -0.25) is 9.59 Å². The van der Waals surface area contributed by atoms with Crippen LogP contribution in [-0.4, -0.2) is 22.8 Å². The third-order valence-corrected chi connectivity index (χ3v) is 3.47. The minimum Gasteiger partial charge on any atom is -0.273 e. The molecule has 1 atom stereocenters. The normalized spacial score (nSPS) is 21.4. The van der Waals surface area contributed by atoms with Gasteiger partial charge in [0.25, 0.3) is 0 Å². The maximum absolute atomic E-state index is 12.7. The second-order valence-corrected chi connectivity index (χ2v) is 4.83. The summed E-state index contributed by atoms with van der Waals surface area (Å²) in [4.78, 5) is 24.6. The molecule has 1 fully saturated rings. The number of imide groups is 1. The molecule has 1 heterocycles. The van der Waals surface area contributed by atoms with Crippen molar-refractivity contribution in [3.63, 3.8) is 0 Å². The van der Waals surface area contributed by atoms with Crippen molar-refractivity contribution in [3.05, 3.63) is 30.1 Å². The van der Waals surface area contributed by atoms with Crippen molar-refractivity contribution in [1.82, 2.24) is 0 Å². The van der Waals surface area contributed by atoms with Crippen molar-refractivity contribution in [2.45, 2.75) is 12.2 Å². The number of hydrogen-bond donors (Lipinski definition) is 0. The van der Waals surface area contributed by atoms with Gasteiger partial charge in [0, 0.05) is 0 Å². The lowest BCUT2D eigenvalue weighted by Crippen LogP contribution is -2.46. The number of amides is 2. The number of carbonyl (C=O) groups excluding carboxylic acids is 2. The molecule has 0 spiro atoms. The molecule has 0 radical (unpaired) electrons. The summed E-state index contributed by atoms with van der Waals surface area (Å²) in [5, 5.41) is -0.234. The standard InChI is InChI=1S/C11H10FNO2S/c1-7-11(15)13(10(14)6-16-7)9-4-2-8(12)3-5-9/h2-5,7H,6H2,1H3/t7-/m0/s1. The van der Waals surface area contributed by atoms with E-state index in [0.717, 1.165) is 4.90 Å². The Morgan fingerprint density at radius 3 is 2.56 bits per heavy atom. The second kappa shape index (κ2) is 4.25. The van der Waals surface area contributed by atoms with Crippen LogP contribution >= 0.6 is 11.8 Å². The summed E-state index contributed by atoms with van der Waals surface area (Å²) in [6.07, 6.45) is 0. The maximum atomic E-state index is 12.7. The minimum atomic E-state index is -0.386. The van der Waals surface area contributed by atoms with Crippen LogP contribution in [0.3, 0.4) is 0 Å². The van der Waals surface area contributed by atoms with Crippen LogP contribution in [0.5, 0.6) is 0 Å². The molecular formula is C11H10FNO2S. The molecule has 1 aliphatic rings. The topological polar surface area (TPSA) is 37.4 Å². The lowest BCUT2D eigenvalue weighted by Gasteiger charge is -2.28. The predicted molar refractivity (Wildman–Crippen MR) is 60.8 cm³/mol. The Morgan fingerprint density at radius 1 is 1.31 bits per heavy atom. The van der Waals surface area contributed by atoms with Crippen molar-refractivity contribution in [2.75, 3.05) is 10.7 Å². The summed E-state index contributed by atoms with van der Waals surface area (Å²) in [6.45, 7) is 1.76. The summed E-state index contributed by atoms with van der Waals surface area (Å²) < 4.78 is 12.7. The molecule has 5 heteroatoms. The van der Waals surface area contributed by atoms with Gasteiger partial charge in [0.2, 0.25) is 11.8 Å². The molecular weight excluding hydrogens is 229 g/mol. The van der Waals surface area contributed by atoms with Crippen LogP contribution in [0.4, 0.5) is 10.1 Å². The van der Waals surface area contributed by atoms with Gasteiger partial charge >= 0.3 is 0 Å². The van der Waals surface area contributed by atoms with Crippen molar-refractivity contribution >= 4 is 29.3 Å². The highest BCUT2D eigenvalue weighted by atomic mass is 32.2. The molecule has 0 unspecified atom stereocenters. The molecule has 0 N–H and O–H groups in total. The number of nitrogens with zero attached hydrogens (tertiary/aromatic N) is 1. The largest absolute Gasteiger partial charge is 0.273 e. The first kappa shape index (κ1) is 11.1. The molecule has 0 saturated carbocycles. The number of carbonyl (C=O) groups is 2. The third kappa shape index (κ3) is 1.95. The number of rotatable bonds is 1. The summed E-state index contributed by atoms with van der Waals surface area (Å²) in [5.74, 6) is -0.597. The Morgan fingerprint density at radius 2 is 1.94 bits per heavy atom. The Labute approximate surface area is 96.6 Å². The Balaban J connectivity index is 2.34. The molecule has 1 aliphatic heterocycles. The highest BCUT2D eigenvalue weighted by Crippen LogP contribution is 2.25. The van der Waals surface area contributed by atoms with Crippen molar-refractivity contribution in [2.24, 2.45) is 0 Å². The van der Waals surface area contributed by atoms with E-state index in [4.69, 9.17) is 0 Å². The predicted octanol–water partition coefficient (Wildman–Crippen LogP) is 1.82. The van der Waals surface area contributed by atoms with Gasteiger partial charge < -0.3 is 0 Å². The molecule has 84 valence electrons. The zero-order valence-corrected chi connectivity index (χ0v) is 9.46. The van der Waals surface area contributed by atoms with E-state index in [2.05, 4.69) is 0 Å². The molecule has 3 nitrogen and oxygen atoms in total. The average Bonchev–Trinajstić information content (AvgIpc) is 2.27. The highest BCUT2D eigenvalue weighted by molar-refractivity contribution is 8.01. The van der Waals surface area contributed by atoms with E-state index in [1.54, 1.807) is 6.92 Å². The van der Waals surface area contributed by atoms with Gasteiger partial charge in [-0.25, -0.2) is 9.29 Å². The lowest BCUT2D eigenvalue weighted by atomic mass is 10.2. The fourth-order valence-electron chi connectivity index (χ4n) is 1.50. The molecule has 1 aromatic carbocycles. The van der Waals surface area contributed by atoms with Gasteiger partial charge in [-0.1, -0.05) is 0 Å². The van der Waals surface area contributed by atoms with Crippen LogP contribution < -0.4 is 4.90 Å². The SMILES string of the molecule is C[C@@H]1SCC(=O)N(c2ccc(F)cc2)C1=O. The third-order valence-electron chi connectivity index (χ3n) is 2.36. The number of benzene rings is 1. The summed E-state index contributed by atoms with van der Waals surface area (Å²) in [7, 11) is 0. The molecule has 0 bridgehead atoms. The summed E-state index contributed by atoms with van der Waals surface area (Å²) in [5.41, 5.74) is 0.434. The van der Waals surface area contributed by atoms with E-state index < -0.39 is 0 Å². The van der Waals surface area contributed by atoms with E-state index in [1.165, 1.54) is 36.0 Å². The Bertz CT molecular complexity index is 432. The van der Waals surface area contributed by atoms with Gasteiger partial charge in [-0.2, -0.15) is 0 Å². The quantitative estimate of drug-likeness (QED) is 0.701. The van der Waals surface area contributed by atoms with E-state index >= 15 is 0 Å². The first-order valence-electron chi connectivity index (χ1n) is 4.83. The summed E-state index contributed by atoms with van der Waals surface area (Å²) >= 11 is 1.32. The molecule has 2 amide bonds. The highest BCUT2D eigenvalue weighted by Gasteiger charge is 2.33. The van der Waals surface area contributed by atoms with Gasteiger partial charge in [0.15, 0.2) is 0 Å². The van der Waals surface area contributed by atoms with E-state index in [1.807, 2.05) is 0 Å². The van der Waals surface area contributed by atoms with E-state index in [0.29, 0.717) is 5.69 Å². The van der Waals surface area contributed by atoms with Crippen LogP contribution in [0.15, 0.2) is 24.3 Å². The van der Waals surface area contributed by atoms with Gasteiger partial charge in [-0.05, 0) is 31.2 Å². The first-order valence-corrected chi connectivity index (χ1v) is 5.88. The Hall–Kier alpha value is -1.36. The number of thioether (sulfide) groups is 1. The number of hydrogen-bond acceptors (Lipinski definition) is 3. The smallest absolute Gasteiger partial charge is 0.246 e. The van der Waals surface area contributed by atoms with Crippen molar-refractivity contribution < 1.29 is 14.0 Å². The van der Waals surface area contributed by atoms with Crippen molar-refractivity contribution in [1.29, 1.82) is 0 Å². The summed E-state index contributed by atoms with van der Waals surface area (Å²) in [6, 6.07) is 5.35. The molecule has 16 heavy (non-hydrogen) atoms. The molecule has 1 saturated heterocycles. The van der Waals surface area contributed by atoms with Crippen LogP contribution in [0.1, 0.15) is 6.92 Å². The van der Waals surface area contributed by atoms with Gasteiger partial charge in [0.05, 0.1) is 16.7 Å². The average molecular weight is 239 g/mol.